The fraction of sp³-hybridized carbons (Fsp3) is 0.154. The summed E-state index contributed by atoms with van der Waals surface area (Å²) in [6, 6.07) is 12.1. The normalized spacial score (nSPS) is 10.4. The second-order valence-corrected chi connectivity index (χ2v) is 4.43. The monoisotopic (exact) mass is 251 g/mol. The average molecular weight is 252 g/mol. The molecule has 0 N–H and O–H groups in total. The number of pyridine rings is 1. The van der Waals surface area contributed by atoms with Crippen LogP contribution in [0.25, 0.3) is 0 Å². The lowest BCUT2D eigenvalue weighted by atomic mass is 10.0. The van der Waals surface area contributed by atoms with Gasteiger partial charge in [0.2, 0.25) is 0 Å². The molecule has 0 saturated carbocycles. The zero-order valence-corrected chi connectivity index (χ0v) is 10.4. The van der Waals surface area contributed by atoms with Crippen LogP contribution in [0, 0.1) is 6.92 Å². The lowest BCUT2D eigenvalue weighted by Crippen LogP contribution is -1.94. The van der Waals surface area contributed by atoms with Gasteiger partial charge in [-0.2, -0.15) is 0 Å². The van der Waals surface area contributed by atoms with Crippen LogP contribution in [0.15, 0.2) is 36.4 Å². The van der Waals surface area contributed by atoms with Crippen molar-refractivity contribution in [2.45, 2.75) is 13.3 Å². The van der Waals surface area contributed by atoms with Gasteiger partial charge in [0.15, 0.2) is 0 Å². The summed E-state index contributed by atoms with van der Waals surface area (Å²) < 4.78 is 0. The van der Waals surface area contributed by atoms with Crippen molar-refractivity contribution >= 4 is 23.2 Å². The molecule has 3 heteroatoms. The van der Waals surface area contributed by atoms with Gasteiger partial charge in [-0.25, -0.2) is 4.98 Å². The molecular formula is C13H11Cl2N. The van der Waals surface area contributed by atoms with Crippen LogP contribution in [0.3, 0.4) is 0 Å². The molecule has 1 nitrogen and oxygen atoms in total. The standard InChI is InChI=1S/C13H11Cl2N/c1-9-11(8-12(14)16-13(9)15)7-10-5-3-2-4-6-10/h2-6,8H,7H2,1H3. The van der Waals surface area contributed by atoms with Crippen LogP contribution in [0.4, 0.5) is 0 Å². The molecular weight excluding hydrogens is 241 g/mol. The van der Waals surface area contributed by atoms with E-state index >= 15 is 0 Å². The first kappa shape index (κ1) is 11.4. The molecule has 2 aromatic rings. The van der Waals surface area contributed by atoms with Crippen molar-refractivity contribution in [3.05, 3.63) is 63.4 Å². The van der Waals surface area contributed by atoms with Gasteiger partial charge >= 0.3 is 0 Å². The van der Waals surface area contributed by atoms with Crippen LogP contribution in [0.1, 0.15) is 16.7 Å². The Morgan fingerprint density at radius 2 is 1.81 bits per heavy atom. The summed E-state index contributed by atoms with van der Waals surface area (Å²) in [5.41, 5.74) is 3.36. The van der Waals surface area contributed by atoms with Gasteiger partial charge in [0, 0.05) is 0 Å². The largest absolute Gasteiger partial charge is 0.224 e. The zero-order chi connectivity index (χ0) is 11.5. The molecule has 0 saturated heterocycles. The lowest BCUT2D eigenvalue weighted by Gasteiger charge is -2.07. The lowest BCUT2D eigenvalue weighted by molar-refractivity contribution is 1.12. The fourth-order valence-corrected chi connectivity index (χ4v) is 2.07. The van der Waals surface area contributed by atoms with Gasteiger partial charge in [0.1, 0.15) is 10.3 Å². The number of hydrogen-bond donors (Lipinski definition) is 0. The molecule has 0 fully saturated rings. The third-order valence-electron chi connectivity index (χ3n) is 2.53. The van der Waals surface area contributed by atoms with Gasteiger partial charge in [0.25, 0.3) is 0 Å². The molecule has 0 aliphatic carbocycles. The predicted octanol–water partition coefficient (Wildman–Crippen LogP) is 4.29. The van der Waals surface area contributed by atoms with E-state index in [1.54, 1.807) is 0 Å². The molecule has 1 heterocycles. The summed E-state index contributed by atoms with van der Waals surface area (Å²) in [7, 11) is 0. The molecule has 1 aromatic heterocycles. The summed E-state index contributed by atoms with van der Waals surface area (Å²) in [6.45, 7) is 1.96. The predicted molar refractivity (Wildman–Crippen MR) is 68.2 cm³/mol. The first-order valence-corrected chi connectivity index (χ1v) is 5.78. The second-order valence-electron chi connectivity index (χ2n) is 3.68. The van der Waals surface area contributed by atoms with E-state index in [2.05, 4.69) is 17.1 Å². The molecule has 1 aromatic carbocycles. The highest BCUT2D eigenvalue weighted by Crippen LogP contribution is 2.23. The number of benzene rings is 1. The number of nitrogens with zero attached hydrogens (tertiary/aromatic N) is 1. The molecule has 0 aliphatic rings. The van der Waals surface area contributed by atoms with Crippen LogP contribution in [-0.2, 0) is 6.42 Å². The van der Waals surface area contributed by atoms with E-state index in [0.29, 0.717) is 10.3 Å². The van der Waals surface area contributed by atoms with Crippen LogP contribution < -0.4 is 0 Å². The highest BCUT2D eigenvalue weighted by atomic mass is 35.5. The summed E-state index contributed by atoms with van der Waals surface area (Å²) in [6.07, 6.45) is 0.828. The smallest absolute Gasteiger partial charge is 0.134 e. The first-order chi connectivity index (χ1) is 7.66. The molecule has 16 heavy (non-hydrogen) atoms. The highest BCUT2D eigenvalue weighted by molar-refractivity contribution is 6.33. The maximum Gasteiger partial charge on any atom is 0.134 e. The van der Waals surface area contributed by atoms with Crippen LogP contribution in [0.2, 0.25) is 10.3 Å². The van der Waals surface area contributed by atoms with Gasteiger partial charge < -0.3 is 0 Å². The number of rotatable bonds is 2. The van der Waals surface area contributed by atoms with Gasteiger partial charge in [-0.1, -0.05) is 53.5 Å². The Hall–Kier alpha value is -1.05. The van der Waals surface area contributed by atoms with Crippen molar-refractivity contribution in [1.82, 2.24) is 4.98 Å². The summed E-state index contributed by atoms with van der Waals surface area (Å²) >= 11 is 11.9. The van der Waals surface area contributed by atoms with E-state index in [0.717, 1.165) is 17.5 Å². The van der Waals surface area contributed by atoms with Gasteiger partial charge in [-0.15, -0.1) is 0 Å². The van der Waals surface area contributed by atoms with E-state index in [9.17, 15) is 0 Å². The average Bonchev–Trinajstić information content (AvgIpc) is 2.27. The fourth-order valence-electron chi connectivity index (χ4n) is 1.59. The molecule has 2 rings (SSSR count). The highest BCUT2D eigenvalue weighted by Gasteiger charge is 2.06. The van der Waals surface area contributed by atoms with Crippen LogP contribution >= 0.6 is 23.2 Å². The molecule has 0 spiro atoms. The molecule has 0 bridgehead atoms. The Kier molecular flexibility index (Phi) is 3.47. The van der Waals surface area contributed by atoms with Gasteiger partial charge in [-0.3, -0.25) is 0 Å². The van der Waals surface area contributed by atoms with E-state index in [1.807, 2.05) is 31.2 Å². The van der Waals surface area contributed by atoms with Crippen molar-refractivity contribution in [1.29, 1.82) is 0 Å². The molecule has 0 atom stereocenters. The topological polar surface area (TPSA) is 12.9 Å². The third kappa shape index (κ3) is 2.55. The molecule has 0 amide bonds. The van der Waals surface area contributed by atoms with E-state index in [-0.39, 0.29) is 0 Å². The Labute approximate surface area is 105 Å². The van der Waals surface area contributed by atoms with Crippen LogP contribution in [-0.4, -0.2) is 4.98 Å². The van der Waals surface area contributed by atoms with Crippen molar-refractivity contribution in [2.24, 2.45) is 0 Å². The third-order valence-corrected chi connectivity index (χ3v) is 3.09. The van der Waals surface area contributed by atoms with Gasteiger partial charge in [-0.05, 0) is 36.1 Å². The van der Waals surface area contributed by atoms with E-state index < -0.39 is 0 Å². The Morgan fingerprint density at radius 3 is 2.50 bits per heavy atom. The maximum atomic E-state index is 5.99. The molecule has 0 aliphatic heterocycles. The number of aromatic nitrogens is 1. The molecule has 82 valence electrons. The van der Waals surface area contributed by atoms with Crippen LogP contribution in [0.5, 0.6) is 0 Å². The van der Waals surface area contributed by atoms with Crippen molar-refractivity contribution in [3.63, 3.8) is 0 Å². The van der Waals surface area contributed by atoms with Gasteiger partial charge in [0.05, 0.1) is 0 Å². The summed E-state index contributed by atoms with van der Waals surface area (Å²) in [5, 5.41) is 0.931. The quantitative estimate of drug-likeness (QED) is 0.726. The Bertz CT molecular complexity index is 495. The summed E-state index contributed by atoms with van der Waals surface area (Å²) in [4.78, 5) is 4.01. The van der Waals surface area contributed by atoms with E-state index in [4.69, 9.17) is 23.2 Å². The zero-order valence-electron chi connectivity index (χ0n) is 8.87. The number of hydrogen-bond acceptors (Lipinski definition) is 1. The van der Waals surface area contributed by atoms with E-state index in [1.165, 1.54) is 5.56 Å². The molecule has 0 unspecified atom stereocenters. The summed E-state index contributed by atoms with van der Waals surface area (Å²) in [5.74, 6) is 0. The molecule has 0 radical (unpaired) electrons. The minimum atomic E-state index is 0.446. The number of halogens is 2. The van der Waals surface area contributed by atoms with Crippen molar-refractivity contribution in [3.8, 4) is 0 Å². The maximum absolute atomic E-state index is 5.99. The minimum absolute atomic E-state index is 0.446. The Morgan fingerprint density at radius 1 is 1.12 bits per heavy atom. The van der Waals surface area contributed by atoms with Crippen molar-refractivity contribution in [2.75, 3.05) is 0 Å². The Balaban J connectivity index is 2.35. The minimum Gasteiger partial charge on any atom is -0.224 e. The second kappa shape index (κ2) is 4.86. The SMILES string of the molecule is Cc1c(Cc2ccccc2)cc(Cl)nc1Cl. The first-order valence-electron chi connectivity index (χ1n) is 5.02. The van der Waals surface area contributed by atoms with Crippen molar-refractivity contribution < 1.29 is 0 Å².